The maximum atomic E-state index is 13.7. The van der Waals surface area contributed by atoms with Gasteiger partial charge in [0.05, 0.1) is 32.4 Å². The fourth-order valence-corrected chi connectivity index (χ4v) is 5.56. The second-order valence-corrected chi connectivity index (χ2v) is 12.6. The molecule has 1 unspecified atom stereocenters. The highest BCUT2D eigenvalue weighted by atomic mass is 32.2. The van der Waals surface area contributed by atoms with E-state index in [9.17, 15) is 9.00 Å². The lowest BCUT2D eigenvalue weighted by Gasteiger charge is -2.19. The molecule has 204 valence electrons. The number of aromatic nitrogens is 6. The summed E-state index contributed by atoms with van der Waals surface area (Å²) in [6, 6.07) is 6.96. The van der Waals surface area contributed by atoms with Crippen LogP contribution in [0.25, 0.3) is 22.6 Å². The Bertz CT molecular complexity index is 1710. The molecule has 0 spiro atoms. The van der Waals surface area contributed by atoms with E-state index in [2.05, 4.69) is 20.3 Å². The van der Waals surface area contributed by atoms with Crippen LogP contribution in [0.1, 0.15) is 74.6 Å². The summed E-state index contributed by atoms with van der Waals surface area (Å²) >= 11 is 0. The summed E-state index contributed by atoms with van der Waals surface area (Å²) in [4.78, 5) is 37.6. The largest absolute Gasteiger partial charge is 0.361 e. The van der Waals surface area contributed by atoms with Crippen molar-refractivity contribution in [2.75, 3.05) is 11.1 Å². The molecule has 0 saturated heterocycles. The van der Waals surface area contributed by atoms with Crippen LogP contribution in [0.5, 0.6) is 0 Å². The van der Waals surface area contributed by atoms with Gasteiger partial charge in [-0.3, -0.25) is 9.36 Å². The van der Waals surface area contributed by atoms with Gasteiger partial charge in [-0.2, -0.15) is 0 Å². The van der Waals surface area contributed by atoms with Gasteiger partial charge >= 0.3 is 0 Å². The third-order valence-electron chi connectivity index (χ3n) is 7.37. The molecule has 1 aliphatic rings. The minimum atomic E-state index is -2.77. The lowest BCUT2D eigenvalue weighted by molar-refractivity contribution is 0.526. The molecular weight excluding hydrogens is 512 g/mol. The molecule has 0 radical (unpaired) electrons. The van der Waals surface area contributed by atoms with Crippen molar-refractivity contribution in [1.29, 1.82) is 4.78 Å². The van der Waals surface area contributed by atoms with Crippen molar-refractivity contribution < 1.29 is 4.21 Å². The highest BCUT2D eigenvalue weighted by molar-refractivity contribution is 7.92. The Morgan fingerprint density at radius 3 is 2.44 bits per heavy atom. The van der Waals surface area contributed by atoms with E-state index in [1.54, 1.807) is 30.0 Å². The maximum absolute atomic E-state index is 13.7. The molecule has 5 rings (SSSR count). The molecule has 3 heterocycles. The van der Waals surface area contributed by atoms with Crippen LogP contribution in [-0.2, 0) is 16.3 Å². The Balaban J connectivity index is 1.57. The van der Waals surface area contributed by atoms with Gasteiger partial charge in [0.25, 0.3) is 5.56 Å². The third kappa shape index (κ3) is 5.15. The quantitative estimate of drug-likeness (QED) is 0.294. The molecule has 2 atom stereocenters. The fourth-order valence-electron chi connectivity index (χ4n) is 4.65. The average molecular weight is 547 g/mol. The Labute approximate surface area is 228 Å². The predicted octanol–water partition coefficient (Wildman–Crippen LogP) is 5.15. The number of nitrogens with zero attached hydrogens (tertiary/aromatic N) is 6. The monoisotopic (exact) mass is 546 g/mol. The number of hydrogen-bond acceptors (Lipinski definition) is 9. The Morgan fingerprint density at radius 1 is 1.08 bits per heavy atom. The SMILES string of the molecule is CC[C@H](C)n1c(=O)c(NCc2ccc(S(=N)(=O)CC)cc2)nc2c(C)nc(-c3c(C)ncnc3C3CC3)nc21. The number of rotatable bonds is 9. The topological polar surface area (TPSA) is 139 Å². The molecule has 2 N–H and O–H groups in total. The first kappa shape index (κ1) is 26.9. The number of hydrogen-bond donors (Lipinski definition) is 2. The summed E-state index contributed by atoms with van der Waals surface area (Å²) in [5.41, 5.74) is 5.01. The Morgan fingerprint density at radius 2 is 1.79 bits per heavy atom. The van der Waals surface area contributed by atoms with Crippen molar-refractivity contribution in [2.24, 2.45) is 0 Å². The van der Waals surface area contributed by atoms with Crippen molar-refractivity contribution in [2.45, 2.75) is 77.3 Å². The number of benzene rings is 1. The van der Waals surface area contributed by atoms with Crippen LogP contribution in [0.2, 0.25) is 0 Å². The van der Waals surface area contributed by atoms with Crippen molar-refractivity contribution in [1.82, 2.24) is 29.5 Å². The number of fused-ring (bicyclic) bond motifs is 1. The highest BCUT2D eigenvalue weighted by Crippen LogP contribution is 2.43. The van der Waals surface area contributed by atoms with Gasteiger partial charge in [-0.15, -0.1) is 0 Å². The van der Waals surface area contributed by atoms with E-state index in [-0.39, 0.29) is 23.2 Å². The molecule has 1 aliphatic carbocycles. The molecule has 39 heavy (non-hydrogen) atoms. The van der Waals surface area contributed by atoms with Crippen molar-refractivity contribution >= 4 is 26.7 Å². The molecule has 0 aliphatic heterocycles. The van der Waals surface area contributed by atoms with Crippen molar-refractivity contribution in [3.63, 3.8) is 0 Å². The van der Waals surface area contributed by atoms with Gasteiger partial charge in [0.1, 0.15) is 11.8 Å². The lowest BCUT2D eigenvalue weighted by Crippen LogP contribution is -2.28. The molecule has 0 bridgehead atoms. The zero-order valence-corrected chi connectivity index (χ0v) is 23.8. The minimum Gasteiger partial charge on any atom is -0.361 e. The first-order chi connectivity index (χ1) is 18.6. The lowest BCUT2D eigenvalue weighted by atomic mass is 10.1. The zero-order chi connectivity index (χ0) is 27.9. The van der Waals surface area contributed by atoms with E-state index < -0.39 is 9.73 Å². The van der Waals surface area contributed by atoms with Gasteiger partial charge in [-0.05, 0) is 57.7 Å². The van der Waals surface area contributed by atoms with E-state index >= 15 is 0 Å². The number of nitrogens with one attached hydrogen (secondary N) is 2. The summed E-state index contributed by atoms with van der Waals surface area (Å²) in [6.07, 6.45) is 4.52. The van der Waals surface area contributed by atoms with Crippen LogP contribution >= 0.6 is 0 Å². The second-order valence-electron chi connectivity index (χ2n) is 10.2. The molecule has 0 amide bonds. The normalized spacial score (nSPS) is 15.7. The molecular formula is C28H34N8O2S. The third-order valence-corrected chi connectivity index (χ3v) is 9.22. The van der Waals surface area contributed by atoms with Gasteiger partial charge in [0, 0.05) is 29.2 Å². The van der Waals surface area contributed by atoms with E-state index in [0.29, 0.717) is 40.0 Å². The van der Waals surface area contributed by atoms with Gasteiger partial charge in [0.15, 0.2) is 17.3 Å². The van der Waals surface area contributed by atoms with Crippen molar-refractivity contribution in [3.05, 3.63) is 63.6 Å². The predicted molar refractivity (Wildman–Crippen MR) is 153 cm³/mol. The zero-order valence-electron chi connectivity index (χ0n) is 23.0. The van der Waals surface area contributed by atoms with E-state index in [1.807, 2.05) is 39.8 Å². The van der Waals surface area contributed by atoms with Gasteiger partial charge in [-0.25, -0.2) is 33.9 Å². The first-order valence-electron chi connectivity index (χ1n) is 13.4. The Kier molecular flexibility index (Phi) is 7.19. The summed E-state index contributed by atoms with van der Waals surface area (Å²) in [5.74, 6) is 1.41. The summed E-state index contributed by atoms with van der Waals surface area (Å²) in [6.45, 7) is 9.96. The smallest absolute Gasteiger partial charge is 0.295 e. The molecule has 1 fully saturated rings. The van der Waals surface area contributed by atoms with Crippen LogP contribution in [0.3, 0.4) is 0 Å². The minimum absolute atomic E-state index is 0.111. The Hall–Kier alpha value is -3.73. The molecule has 1 aromatic carbocycles. The van der Waals surface area contributed by atoms with Gasteiger partial charge in [0.2, 0.25) is 0 Å². The average Bonchev–Trinajstić information content (AvgIpc) is 3.77. The summed E-state index contributed by atoms with van der Waals surface area (Å²) in [5, 5.41) is 3.19. The number of anilines is 1. The van der Waals surface area contributed by atoms with Gasteiger partial charge < -0.3 is 5.32 Å². The molecule has 1 saturated carbocycles. The van der Waals surface area contributed by atoms with Crippen LogP contribution < -0.4 is 10.9 Å². The maximum Gasteiger partial charge on any atom is 0.295 e. The highest BCUT2D eigenvalue weighted by Gasteiger charge is 2.30. The molecule has 4 aromatic rings. The van der Waals surface area contributed by atoms with Crippen LogP contribution in [0.4, 0.5) is 5.82 Å². The van der Waals surface area contributed by atoms with E-state index in [1.165, 1.54) is 0 Å². The molecule has 10 nitrogen and oxygen atoms in total. The number of aryl methyl sites for hydroxylation is 2. The van der Waals surface area contributed by atoms with E-state index in [0.717, 1.165) is 41.8 Å². The van der Waals surface area contributed by atoms with E-state index in [4.69, 9.17) is 14.7 Å². The summed E-state index contributed by atoms with van der Waals surface area (Å²) < 4.78 is 22.0. The van der Waals surface area contributed by atoms with Gasteiger partial charge in [-0.1, -0.05) is 26.0 Å². The fraction of sp³-hybridized carbons (Fsp3) is 0.429. The summed E-state index contributed by atoms with van der Waals surface area (Å²) in [7, 11) is -2.77. The molecule has 3 aromatic heterocycles. The second kappa shape index (κ2) is 10.4. The van der Waals surface area contributed by atoms with Crippen molar-refractivity contribution in [3.8, 4) is 11.4 Å². The first-order valence-corrected chi connectivity index (χ1v) is 15.1. The van der Waals surface area contributed by atoms with Crippen LogP contribution in [-0.4, -0.2) is 39.4 Å². The molecule has 11 heteroatoms. The van der Waals surface area contributed by atoms with Crippen LogP contribution in [0.15, 0.2) is 40.3 Å². The standard InChI is InChI=1S/C28H34N8O2S/c1-6-16(3)36-27-23(18(5)33-25(35-27)22-17(4)31-15-32-24(22)20-10-11-20)34-26(28(36)37)30-14-19-8-12-21(13-9-19)39(29,38)7-2/h8-9,12-13,15-16,20,29H,6-7,10-11,14H2,1-5H3,(H,30,34)/t16-,39?/m0/s1. The van der Waals surface area contributed by atoms with Crippen LogP contribution in [0, 0.1) is 18.6 Å².